The summed E-state index contributed by atoms with van der Waals surface area (Å²) in [6.45, 7) is 1.83. The number of aromatic hydroxyl groups is 1. The highest BCUT2D eigenvalue weighted by Gasteiger charge is 2.68. The first kappa shape index (κ1) is 20.9. The molecule has 2 aromatic carbocycles. The number of carbonyl (C=O) groups excluding carboxylic acids is 2. The molecule has 2 fully saturated rings. The van der Waals surface area contributed by atoms with Crippen LogP contribution in [-0.2, 0) is 14.4 Å². The zero-order valence-electron chi connectivity index (χ0n) is 17.2. The van der Waals surface area contributed by atoms with Crippen molar-refractivity contribution in [2.75, 3.05) is 12.0 Å². The molecule has 0 radical (unpaired) electrons. The lowest BCUT2D eigenvalue weighted by molar-refractivity contribution is -0.149. The maximum atomic E-state index is 13.5. The van der Waals surface area contributed by atoms with Gasteiger partial charge in [0.05, 0.1) is 24.6 Å². The Hall–Kier alpha value is -3.39. The molecule has 0 aromatic heterocycles. The Morgan fingerprint density at radius 2 is 1.84 bits per heavy atom. The molecule has 2 aromatic rings. The number of para-hydroxylation sites is 2. The number of amides is 2. The number of ether oxygens (including phenoxy) is 1. The SMILES string of the molecule is CCC[C@]1(C(=O)O)N[C@H](c2cccc(OC)c2O)[C@@H]2C(=O)N(c3ccccc3)C(=O)[C@H]21. The molecule has 0 unspecified atom stereocenters. The topological polar surface area (TPSA) is 116 Å². The molecule has 4 rings (SSSR count). The van der Waals surface area contributed by atoms with Crippen LogP contribution in [0.2, 0.25) is 0 Å². The number of hydrogen-bond donors (Lipinski definition) is 3. The van der Waals surface area contributed by atoms with Crippen molar-refractivity contribution in [1.82, 2.24) is 5.32 Å². The second-order valence-electron chi connectivity index (χ2n) is 7.90. The highest BCUT2D eigenvalue weighted by atomic mass is 16.5. The van der Waals surface area contributed by atoms with E-state index >= 15 is 0 Å². The zero-order chi connectivity index (χ0) is 22.3. The van der Waals surface area contributed by atoms with Gasteiger partial charge in [-0.25, -0.2) is 4.90 Å². The quantitative estimate of drug-likeness (QED) is 0.610. The van der Waals surface area contributed by atoms with Gasteiger partial charge in [-0.1, -0.05) is 43.7 Å². The minimum Gasteiger partial charge on any atom is -0.504 e. The molecule has 4 atom stereocenters. The summed E-state index contributed by atoms with van der Waals surface area (Å²) >= 11 is 0. The zero-order valence-corrected chi connectivity index (χ0v) is 17.2. The largest absolute Gasteiger partial charge is 0.504 e. The number of fused-ring (bicyclic) bond motifs is 1. The maximum Gasteiger partial charge on any atom is 0.324 e. The summed E-state index contributed by atoms with van der Waals surface area (Å²) in [5.41, 5.74) is -0.906. The van der Waals surface area contributed by atoms with Crippen molar-refractivity contribution in [3.8, 4) is 11.5 Å². The van der Waals surface area contributed by atoms with Crippen molar-refractivity contribution in [3.05, 3.63) is 54.1 Å². The van der Waals surface area contributed by atoms with Crippen LogP contribution in [0, 0.1) is 11.8 Å². The van der Waals surface area contributed by atoms with E-state index in [1.54, 1.807) is 48.5 Å². The fraction of sp³-hybridized carbons (Fsp3) is 0.348. The predicted octanol–water partition coefficient (Wildman–Crippen LogP) is 2.47. The Bertz CT molecular complexity index is 1040. The Kier molecular flexibility index (Phi) is 5.18. The number of phenols is 1. The van der Waals surface area contributed by atoms with Crippen LogP contribution in [-0.4, -0.2) is 40.6 Å². The molecule has 0 saturated carbocycles. The Balaban J connectivity index is 1.89. The monoisotopic (exact) mass is 424 g/mol. The summed E-state index contributed by atoms with van der Waals surface area (Å²) in [4.78, 5) is 40.6. The van der Waals surface area contributed by atoms with E-state index in [0.717, 1.165) is 4.90 Å². The van der Waals surface area contributed by atoms with Crippen molar-refractivity contribution in [1.29, 1.82) is 0 Å². The van der Waals surface area contributed by atoms with Crippen LogP contribution in [0.4, 0.5) is 5.69 Å². The molecule has 162 valence electrons. The van der Waals surface area contributed by atoms with Gasteiger partial charge in [0.25, 0.3) is 0 Å². The third kappa shape index (κ3) is 2.97. The van der Waals surface area contributed by atoms with E-state index in [1.807, 2.05) is 6.92 Å². The van der Waals surface area contributed by atoms with Gasteiger partial charge in [-0.2, -0.15) is 0 Å². The lowest BCUT2D eigenvalue weighted by Crippen LogP contribution is -2.55. The number of hydrogen-bond acceptors (Lipinski definition) is 6. The first-order chi connectivity index (χ1) is 14.9. The summed E-state index contributed by atoms with van der Waals surface area (Å²) in [7, 11) is 1.41. The average Bonchev–Trinajstić information content (AvgIpc) is 3.24. The lowest BCUT2D eigenvalue weighted by atomic mass is 9.77. The van der Waals surface area contributed by atoms with Gasteiger partial charge in [-0.15, -0.1) is 0 Å². The Morgan fingerprint density at radius 3 is 2.45 bits per heavy atom. The summed E-state index contributed by atoms with van der Waals surface area (Å²) in [5.74, 6) is -4.28. The van der Waals surface area contributed by atoms with Crippen LogP contribution in [0.1, 0.15) is 31.4 Å². The molecule has 8 heteroatoms. The molecule has 8 nitrogen and oxygen atoms in total. The minimum atomic E-state index is -1.63. The smallest absolute Gasteiger partial charge is 0.324 e. The third-order valence-electron chi connectivity index (χ3n) is 6.28. The maximum absolute atomic E-state index is 13.5. The number of phenolic OH excluding ortho intramolecular Hbond substituents is 1. The number of nitrogens with one attached hydrogen (secondary N) is 1. The molecule has 2 aliphatic rings. The van der Waals surface area contributed by atoms with Gasteiger partial charge in [0.15, 0.2) is 11.5 Å². The molecule has 0 aliphatic carbocycles. The van der Waals surface area contributed by atoms with Crippen molar-refractivity contribution < 1.29 is 29.3 Å². The van der Waals surface area contributed by atoms with Crippen molar-refractivity contribution >= 4 is 23.5 Å². The number of carboxylic acid groups (broad SMARTS) is 1. The number of imide groups is 1. The fourth-order valence-corrected chi connectivity index (χ4v) is 4.98. The van der Waals surface area contributed by atoms with Gasteiger partial charge in [-0.05, 0) is 24.6 Å². The number of carbonyl (C=O) groups is 3. The first-order valence-electron chi connectivity index (χ1n) is 10.2. The number of benzene rings is 2. The van der Waals surface area contributed by atoms with E-state index in [1.165, 1.54) is 7.11 Å². The van der Waals surface area contributed by atoms with Crippen molar-refractivity contribution in [2.45, 2.75) is 31.3 Å². The average molecular weight is 424 g/mol. The van der Waals surface area contributed by atoms with Gasteiger partial charge in [0, 0.05) is 11.6 Å². The van der Waals surface area contributed by atoms with Crippen molar-refractivity contribution in [3.63, 3.8) is 0 Å². The highest BCUT2D eigenvalue weighted by molar-refractivity contribution is 6.24. The number of carboxylic acids is 1. The summed E-state index contributed by atoms with van der Waals surface area (Å²) in [6, 6.07) is 12.4. The van der Waals surface area contributed by atoms with Gasteiger partial charge in [-0.3, -0.25) is 19.7 Å². The van der Waals surface area contributed by atoms with Crippen molar-refractivity contribution in [2.24, 2.45) is 11.8 Å². The number of aliphatic carboxylic acids is 1. The number of anilines is 1. The van der Waals surface area contributed by atoms with Crippen LogP contribution >= 0.6 is 0 Å². The summed E-state index contributed by atoms with van der Waals surface area (Å²) in [5, 5.41) is 24.0. The van der Waals surface area contributed by atoms with E-state index in [-0.39, 0.29) is 17.9 Å². The normalized spacial score (nSPS) is 27.4. The lowest BCUT2D eigenvalue weighted by Gasteiger charge is -2.31. The molecule has 2 heterocycles. The summed E-state index contributed by atoms with van der Waals surface area (Å²) in [6.07, 6.45) is 0.651. The fourth-order valence-electron chi connectivity index (χ4n) is 4.98. The van der Waals surface area contributed by atoms with E-state index in [4.69, 9.17) is 4.74 Å². The van der Waals surface area contributed by atoms with Crippen LogP contribution in [0.5, 0.6) is 11.5 Å². The molecule has 2 saturated heterocycles. The van der Waals surface area contributed by atoms with Crippen LogP contribution in [0.3, 0.4) is 0 Å². The molecular formula is C23H24N2O6. The van der Waals surface area contributed by atoms with Gasteiger partial charge < -0.3 is 14.9 Å². The van der Waals surface area contributed by atoms with E-state index in [0.29, 0.717) is 17.7 Å². The molecule has 0 spiro atoms. The van der Waals surface area contributed by atoms with Crippen LogP contribution in [0.15, 0.2) is 48.5 Å². The number of methoxy groups -OCH3 is 1. The minimum absolute atomic E-state index is 0.159. The molecular weight excluding hydrogens is 400 g/mol. The second kappa shape index (κ2) is 7.70. The molecule has 0 bridgehead atoms. The van der Waals surface area contributed by atoms with Gasteiger partial charge in [0.1, 0.15) is 5.54 Å². The number of rotatable bonds is 6. The first-order valence-corrected chi connectivity index (χ1v) is 10.2. The third-order valence-corrected chi connectivity index (χ3v) is 6.28. The van der Waals surface area contributed by atoms with E-state index < -0.39 is 41.2 Å². The van der Waals surface area contributed by atoms with Crippen LogP contribution < -0.4 is 15.0 Å². The van der Waals surface area contributed by atoms with E-state index in [9.17, 15) is 24.6 Å². The standard InChI is InChI=1S/C23H24N2O6/c1-3-12-23(22(29)30)17-16(18(24-23)14-10-7-11-15(31-2)19(14)26)20(27)25(21(17)28)13-8-5-4-6-9-13/h4-11,16-18,24,26H,3,12H2,1-2H3,(H,29,30)/t16-,17+,18-,23+/m1/s1. The van der Waals surface area contributed by atoms with Crippen LogP contribution in [0.25, 0.3) is 0 Å². The number of nitrogens with zero attached hydrogens (tertiary/aromatic N) is 1. The Labute approximate surface area is 179 Å². The molecule has 2 aliphatic heterocycles. The van der Waals surface area contributed by atoms with Gasteiger partial charge >= 0.3 is 5.97 Å². The highest BCUT2D eigenvalue weighted by Crippen LogP contribution is 2.53. The van der Waals surface area contributed by atoms with E-state index in [2.05, 4.69) is 5.32 Å². The second-order valence-corrected chi connectivity index (χ2v) is 7.90. The summed E-state index contributed by atoms with van der Waals surface area (Å²) < 4.78 is 5.19. The predicted molar refractivity (Wildman–Crippen MR) is 112 cm³/mol. The van der Waals surface area contributed by atoms with Gasteiger partial charge in [0.2, 0.25) is 11.8 Å². The molecule has 31 heavy (non-hydrogen) atoms. The Morgan fingerprint density at radius 1 is 1.13 bits per heavy atom. The molecule has 2 amide bonds. The molecule has 3 N–H and O–H groups in total.